The fourth-order valence-electron chi connectivity index (χ4n) is 1.64. The van der Waals surface area contributed by atoms with Gasteiger partial charge in [-0.2, -0.15) is 0 Å². The summed E-state index contributed by atoms with van der Waals surface area (Å²) in [4.78, 5) is 22.9. The minimum absolute atomic E-state index is 0.437. The quantitative estimate of drug-likeness (QED) is 0.797. The van der Waals surface area contributed by atoms with Crippen LogP contribution < -0.4 is 5.32 Å². The van der Waals surface area contributed by atoms with Crippen LogP contribution in [-0.2, 0) is 24.2 Å². The van der Waals surface area contributed by atoms with Crippen molar-refractivity contribution in [3.63, 3.8) is 0 Å². The molecule has 8 heteroatoms. The first-order valence-corrected chi connectivity index (χ1v) is 8.27. The number of carbonyl (C=O) groups is 2. The number of benzene rings is 1. The Bertz CT molecular complexity index is 612. The Hall–Kier alpha value is -1.60. The molecule has 0 spiro atoms. The van der Waals surface area contributed by atoms with Crippen LogP contribution in [0, 0.1) is 5.92 Å². The van der Waals surface area contributed by atoms with Crippen molar-refractivity contribution in [1.82, 2.24) is 0 Å². The van der Waals surface area contributed by atoms with E-state index in [2.05, 4.69) is 10.1 Å². The molecule has 0 aliphatic heterocycles. The Labute approximate surface area is 128 Å². The molecule has 0 fully saturated rings. The van der Waals surface area contributed by atoms with Crippen LogP contribution in [0.2, 0.25) is 5.02 Å². The van der Waals surface area contributed by atoms with Crippen molar-refractivity contribution >= 4 is 39.0 Å². The first kappa shape index (κ1) is 17.5. The number of esters is 1. The average Bonchev–Trinajstić information content (AvgIpc) is 2.39. The van der Waals surface area contributed by atoms with Crippen LogP contribution in [0.3, 0.4) is 0 Å². The van der Waals surface area contributed by atoms with Gasteiger partial charge in [-0.15, -0.1) is 0 Å². The Kier molecular flexibility index (Phi) is 6.17. The lowest BCUT2D eigenvalue weighted by molar-refractivity contribution is -0.144. The molecule has 1 N–H and O–H groups in total. The maximum atomic E-state index is 11.8. The topological polar surface area (TPSA) is 89.5 Å². The van der Waals surface area contributed by atoms with Crippen molar-refractivity contribution in [3.05, 3.63) is 29.3 Å². The summed E-state index contributed by atoms with van der Waals surface area (Å²) in [5.41, 5.74) is 0.445. The molecule has 0 radical (unpaired) electrons. The molecule has 0 saturated heterocycles. The van der Waals surface area contributed by atoms with E-state index in [4.69, 9.17) is 11.6 Å². The van der Waals surface area contributed by atoms with Crippen molar-refractivity contribution in [1.29, 1.82) is 0 Å². The maximum absolute atomic E-state index is 11.8. The highest BCUT2D eigenvalue weighted by molar-refractivity contribution is 7.92. The lowest BCUT2D eigenvalue weighted by Gasteiger charge is -2.10. The zero-order chi connectivity index (χ0) is 16.0. The molecule has 0 saturated carbocycles. The molecule has 1 amide bonds. The number of anilines is 1. The highest BCUT2D eigenvalue weighted by Gasteiger charge is 2.24. The zero-order valence-electron chi connectivity index (χ0n) is 11.6. The number of rotatable bonds is 6. The van der Waals surface area contributed by atoms with Crippen molar-refractivity contribution in [2.24, 2.45) is 5.92 Å². The fraction of sp³-hybridized carbons (Fsp3) is 0.385. The molecule has 6 nitrogen and oxygen atoms in total. The van der Waals surface area contributed by atoms with Gasteiger partial charge in [0.1, 0.15) is 5.75 Å². The van der Waals surface area contributed by atoms with E-state index in [0.717, 1.165) is 0 Å². The summed E-state index contributed by atoms with van der Waals surface area (Å²) >= 11 is 5.70. The average molecular weight is 334 g/mol. The minimum Gasteiger partial charge on any atom is -0.469 e. The largest absolute Gasteiger partial charge is 0.469 e. The number of hydrogen-bond acceptors (Lipinski definition) is 5. The van der Waals surface area contributed by atoms with Crippen LogP contribution in [-0.4, -0.2) is 38.9 Å². The molecule has 0 aliphatic rings. The summed E-state index contributed by atoms with van der Waals surface area (Å²) in [6.07, 6.45) is 0. The van der Waals surface area contributed by atoms with Crippen LogP contribution in [0.25, 0.3) is 0 Å². The number of amides is 1. The smallest absolute Gasteiger partial charge is 0.309 e. The molecule has 0 aromatic heterocycles. The highest BCUT2D eigenvalue weighted by atomic mass is 35.5. The van der Waals surface area contributed by atoms with Gasteiger partial charge in [-0.1, -0.05) is 18.5 Å². The second-order valence-corrected chi connectivity index (χ2v) is 7.08. The van der Waals surface area contributed by atoms with Crippen LogP contribution in [0.1, 0.15) is 6.92 Å². The monoisotopic (exact) mass is 333 g/mol. The second-order valence-electron chi connectivity index (χ2n) is 4.53. The van der Waals surface area contributed by atoms with Gasteiger partial charge in [0.25, 0.3) is 0 Å². The Balaban J connectivity index is 2.60. The highest BCUT2D eigenvalue weighted by Crippen LogP contribution is 2.13. The van der Waals surface area contributed by atoms with E-state index < -0.39 is 39.1 Å². The predicted octanol–water partition coefficient (Wildman–Crippen LogP) is 1.50. The van der Waals surface area contributed by atoms with Crippen molar-refractivity contribution in [2.75, 3.05) is 23.9 Å². The zero-order valence-corrected chi connectivity index (χ0v) is 13.2. The summed E-state index contributed by atoms with van der Waals surface area (Å²) in [5.74, 6) is -3.25. The predicted molar refractivity (Wildman–Crippen MR) is 79.9 cm³/mol. The van der Waals surface area contributed by atoms with E-state index in [0.29, 0.717) is 10.7 Å². The molecule has 0 bridgehead atoms. The number of hydrogen-bond donors (Lipinski definition) is 1. The van der Waals surface area contributed by atoms with Gasteiger partial charge in [0.15, 0.2) is 9.84 Å². The van der Waals surface area contributed by atoms with Crippen molar-refractivity contribution < 1.29 is 22.7 Å². The third-order valence-electron chi connectivity index (χ3n) is 2.59. The van der Waals surface area contributed by atoms with E-state index in [1.807, 2.05) is 0 Å². The van der Waals surface area contributed by atoms with Gasteiger partial charge < -0.3 is 10.1 Å². The lowest BCUT2D eigenvalue weighted by atomic mass is 10.2. The SMILES string of the molecule is COC(=O)C(C)CS(=O)(=O)CC(=O)Nc1ccc(Cl)cc1. The van der Waals surface area contributed by atoms with Gasteiger partial charge in [-0.25, -0.2) is 8.42 Å². The number of methoxy groups -OCH3 is 1. The number of carbonyl (C=O) groups excluding carboxylic acids is 2. The summed E-state index contributed by atoms with van der Waals surface area (Å²) in [7, 11) is -2.52. The van der Waals surface area contributed by atoms with Crippen LogP contribution in [0.15, 0.2) is 24.3 Å². The first-order chi connectivity index (χ1) is 9.73. The van der Waals surface area contributed by atoms with E-state index in [9.17, 15) is 18.0 Å². The Morgan fingerprint density at radius 2 is 1.86 bits per heavy atom. The van der Waals surface area contributed by atoms with Crippen LogP contribution >= 0.6 is 11.6 Å². The fourth-order valence-corrected chi connectivity index (χ4v) is 3.25. The molecule has 1 unspecified atom stereocenters. The minimum atomic E-state index is -3.70. The van der Waals surface area contributed by atoms with Gasteiger partial charge in [0.05, 0.1) is 18.8 Å². The van der Waals surface area contributed by atoms with Gasteiger partial charge >= 0.3 is 5.97 Å². The van der Waals surface area contributed by atoms with Gasteiger partial charge in [-0.05, 0) is 24.3 Å². The van der Waals surface area contributed by atoms with Crippen molar-refractivity contribution in [3.8, 4) is 0 Å². The third-order valence-corrected chi connectivity index (χ3v) is 4.55. The van der Waals surface area contributed by atoms with E-state index in [-0.39, 0.29) is 0 Å². The summed E-state index contributed by atoms with van der Waals surface area (Å²) in [5, 5.41) is 2.96. The number of halogens is 1. The van der Waals surface area contributed by atoms with Gasteiger partial charge in [-0.3, -0.25) is 9.59 Å². The van der Waals surface area contributed by atoms with Crippen LogP contribution in [0.5, 0.6) is 0 Å². The van der Waals surface area contributed by atoms with E-state index in [1.165, 1.54) is 14.0 Å². The van der Waals surface area contributed by atoms with Crippen LogP contribution in [0.4, 0.5) is 5.69 Å². The standard InChI is InChI=1S/C13H16ClNO5S/c1-9(13(17)20-2)7-21(18,19)8-12(16)15-11-5-3-10(14)4-6-11/h3-6,9H,7-8H2,1-2H3,(H,15,16). The second kappa shape index (κ2) is 7.42. The lowest BCUT2D eigenvalue weighted by Crippen LogP contribution is -2.29. The molecular weight excluding hydrogens is 318 g/mol. The number of ether oxygens (including phenoxy) is 1. The molecule has 0 heterocycles. The molecule has 0 aliphatic carbocycles. The molecule has 1 rings (SSSR count). The van der Waals surface area contributed by atoms with E-state index in [1.54, 1.807) is 24.3 Å². The summed E-state index contributed by atoms with van der Waals surface area (Å²) in [6, 6.07) is 6.27. The van der Waals surface area contributed by atoms with E-state index >= 15 is 0 Å². The molecule has 1 aromatic carbocycles. The Morgan fingerprint density at radius 3 is 2.38 bits per heavy atom. The van der Waals surface area contributed by atoms with Gasteiger partial charge in [0, 0.05) is 10.7 Å². The maximum Gasteiger partial charge on any atom is 0.309 e. The number of nitrogens with one attached hydrogen (secondary N) is 1. The molecule has 21 heavy (non-hydrogen) atoms. The molecule has 1 aromatic rings. The Morgan fingerprint density at radius 1 is 1.29 bits per heavy atom. The first-order valence-electron chi connectivity index (χ1n) is 6.07. The van der Waals surface area contributed by atoms with Crippen molar-refractivity contribution in [2.45, 2.75) is 6.92 Å². The summed E-state index contributed by atoms with van der Waals surface area (Å²) < 4.78 is 28.1. The normalized spacial score (nSPS) is 12.5. The summed E-state index contributed by atoms with van der Waals surface area (Å²) in [6.45, 7) is 1.43. The molecular formula is C13H16ClNO5S. The number of sulfone groups is 1. The van der Waals surface area contributed by atoms with Gasteiger partial charge in [0.2, 0.25) is 5.91 Å². The molecule has 116 valence electrons. The third kappa shape index (κ3) is 6.14. The molecule has 1 atom stereocenters.